The molecule has 0 radical (unpaired) electrons. The number of hydrogen-bond acceptors (Lipinski definition) is 5. The Balaban J connectivity index is 2.20. The topological polar surface area (TPSA) is 37.4 Å². The van der Waals surface area contributed by atoms with E-state index in [9.17, 15) is 0 Å². The monoisotopic (exact) mass is 155 g/mol. The van der Waals surface area contributed by atoms with Gasteiger partial charge in [-0.05, 0) is 0 Å². The first-order chi connectivity index (χ1) is 4.97. The van der Waals surface area contributed by atoms with E-state index in [1.807, 2.05) is 5.38 Å². The molecule has 10 heavy (non-hydrogen) atoms. The largest absolute Gasteiger partial charge is 0.395 e. The fourth-order valence-corrected chi connectivity index (χ4v) is 1.18. The summed E-state index contributed by atoms with van der Waals surface area (Å²) in [6.45, 7) is 0. The second-order valence-electron chi connectivity index (χ2n) is 1.71. The predicted molar refractivity (Wildman–Crippen MR) is 38.0 cm³/mol. The van der Waals surface area contributed by atoms with Crippen LogP contribution < -0.4 is 10.6 Å². The lowest BCUT2D eigenvalue weighted by atomic mass is 10.7. The van der Waals surface area contributed by atoms with Crippen LogP contribution in [0.25, 0.3) is 0 Å². The Morgan fingerprint density at radius 2 is 2.70 bits per heavy atom. The summed E-state index contributed by atoms with van der Waals surface area (Å²) < 4.78 is 0. The van der Waals surface area contributed by atoms with Crippen molar-refractivity contribution in [1.82, 2.24) is 10.6 Å². The van der Waals surface area contributed by atoms with Crippen molar-refractivity contribution in [3.8, 4) is 0 Å². The van der Waals surface area contributed by atoms with E-state index in [-0.39, 0.29) is 0 Å². The van der Waals surface area contributed by atoms with Crippen LogP contribution in [0, 0.1) is 0 Å². The maximum atomic E-state index is 4.74. The lowest BCUT2D eigenvalue weighted by molar-refractivity contribution is 0.158. The van der Waals surface area contributed by atoms with Gasteiger partial charge in [-0.1, -0.05) is 5.59 Å². The third kappa shape index (κ3) is 0.850. The van der Waals surface area contributed by atoms with Gasteiger partial charge >= 0.3 is 0 Å². The standard InChI is InChI=1S/C5H5N3OS/c1-2-9-7-8(1)5-3-10-4-6-5/h1-4,7H. The minimum Gasteiger partial charge on any atom is -0.395 e. The molecule has 5 heteroatoms. The van der Waals surface area contributed by atoms with E-state index in [0.717, 1.165) is 5.82 Å². The molecule has 4 nitrogen and oxygen atoms in total. The van der Waals surface area contributed by atoms with Gasteiger partial charge in [0, 0.05) is 5.38 Å². The number of nitrogens with one attached hydrogen (secondary N) is 1. The molecule has 1 N–H and O–H groups in total. The van der Waals surface area contributed by atoms with Crippen molar-refractivity contribution in [2.45, 2.75) is 0 Å². The molecule has 0 aromatic carbocycles. The van der Waals surface area contributed by atoms with Gasteiger partial charge in [0.15, 0.2) is 5.82 Å². The van der Waals surface area contributed by atoms with Crippen molar-refractivity contribution >= 4 is 17.2 Å². The van der Waals surface area contributed by atoms with E-state index in [0.29, 0.717) is 0 Å². The molecule has 0 saturated heterocycles. The zero-order valence-corrected chi connectivity index (χ0v) is 5.84. The van der Waals surface area contributed by atoms with E-state index >= 15 is 0 Å². The number of hydrogen-bond donors (Lipinski definition) is 1. The number of hydrazine groups is 1. The van der Waals surface area contributed by atoms with Crippen LogP contribution in [0.15, 0.2) is 23.4 Å². The summed E-state index contributed by atoms with van der Waals surface area (Å²) in [5, 5.41) is 3.61. The highest BCUT2D eigenvalue weighted by atomic mass is 32.1. The summed E-state index contributed by atoms with van der Waals surface area (Å²) in [5.74, 6) is 0.846. The maximum absolute atomic E-state index is 4.74. The summed E-state index contributed by atoms with van der Waals surface area (Å²) in [7, 11) is 0. The van der Waals surface area contributed by atoms with E-state index in [1.54, 1.807) is 34.3 Å². The molecular weight excluding hydrogens is 150 g/mol. The molecular formula is C5H5N3OS. The minimum atomic E-state index is 0.846. The Morgan fingerprint density at radius 3 is 3.30 bits per heavy atom. The van der Waals surface area contributed by atoms with Gasteiger partial charge in [0.05, 0.1) is 11.7 Å². The zero-order valence-electron chi connectivity index (χ0n) is 5.02. The summed E-state index contributed by atoms with van der Waals surface area (Å²) in [4.78, 5) is 8.79. The molecule has 52 valence electrons. The van der Waals surface area contributed by atoms with Crippen molar-refractivity contribution in [1.29, 1.82) is 0 Å². The van der Waals surface area contributed by atoms with Crippen molar-refractivity contribution in [3.05, 3.63) is 23.4 Å². The first-order valence-corrected chi connectivity index (χ1v) is 3.66. The van der Waals surface area contributed by atoms with Gasteiger partial charge < -0.3 is 4.84 Å². The average Bonchev–Trinajstić information content (AvgIpc) is 2.59. The van der Waals surface area contributed by atoms with Crippen LogP contribution in [-0.2, 0) is 4.84 Å². The zero-order chi connectivity index (χ0) is 6.81. The number of anilines is 1. The molecule has 0 fully saturated rings. The van der Waals surface area contributed by atoms with E-state index in [2.05, 4.69) is 10.6 Å². The van der Waals surface area contributed by atoms with Crippen molar-refractivity contribution in [2.75, 3.05) is 5.01 Å². The molecule has 1 aromatic heterocycles. The van der Waals surface area contributed by atoms with Gasteiger partial charge in [0.25, 0.3) is 0 Å². The van der Waals surface area contributed by atoms with Crippen LogP contribution >= 0.6 is 11.3 Å². The molecule has 0 unspecified atom stereocenters. The maximum Gasteiger partial charge on any atom is 0.160 e. The van der Waals surface area contributed by atoms with Gasteiger partial charge in [-0.15, -0.1) is 11.3 Å². The smallest absolute Gasteiger partial charge is 0.160 e. The molecule has 0 amide bonds. The van der Waals surface area contributed by atoms with E-state index in [4.69, 9.17) is 4.84 Å². The summed E-state index contributed by atoms with van der Waals surface area (Å²) in [6.07, 6.45) is 3.31. The fourth-order valence-electron chi connectivity index (χ4n) is 0.657. The van der Waals surface area contributed by atoms with Gasteiger partial charge in [-0.3, -0.25) is 0 Å². The molecule has 1 aromatic rings. The second-order valence-corrected chi connectivity index (χ2v) is 2.43. The van der Waals surface area contributed by atoms with Crippen LogP contribution in [0.5, 0.6) is 0 Å². The molecule has 0 bridgehead atoms. The number of aromatic nitrogens is 1. The molecule has 0 aliphatic carbocycles. The van der Waals surface area contributed by atoms with Crippen molar-refractivity contribution < 1.29 is 4.84 Å². The second kappa shape index (κ2) is 2.28. The number of rotatable bonds is 1. The highest BCUT2D eigenvalue weighted by molar-refractivity contribution is 7.07. The SMILES string of the molecule is C1=CN(c2cscn2)NO1. The van der Waals surface area contributed by atoms with Gasteiger partial charge in [-0.2, -0.15) is 0 Å². The van der Waals surface area contributed by atoms with E-state index in [1.165, 1.54) is 0 Å². The molecule has 2 heterocycles. The molecule has 0 spiro atoms. The molecule has 1 aliphatic rings. The lowest BCUT2D eigenvalue weighted by Crippen LogP contribution is -2.26. The minimum absolute atomic E-state index is 0.846. The van der Waals surface area contributed by atoms with Crippen LogP contribution in [0.4, 0.5) is 5.82 Å². The fraction of sp³-hybridized carbons (Fsp3) is 0. The summed E-state index contributed by atoms with van der Waals surface area (Å²) in [5.41, 5.74) is 4.39. The Labute approximate surface area is 61.7 Å². The van der Waals surface area contributed by atoms with Crippen LogP contribution in [-0.4, -0.2) is 4.98 Å². The van der Waals surface area contributed by atoms with Crippen LogP contribution in [0.1, 0.15) is 0 Å². The Kier molecular flexibility index (Phi) is 1.30. The molecule has 0 atom stereocenters. The Bertz CT molecular complexity index is 233. The number of thiazole rings is 1. The normalized spacial score (nSPS) is 15.8. The Morgan fingerprint density at radius 1 is 1.70 bits per heavy atom. The first kappa shape index (κ1) is 5.70. The summed E-state index contributed by atoms with van der Waals surface area (Å²) >= 11 is 1.54. The Hall–Kier alpha value is -1.07. The first-order valence-electron chi connectivity index (χ1n) is 2.72. The number of nitrogens with zero attached hydrogens (tertiary/aromatic N) is 2. The summed E-state index contributed by atoms with van der Waals surface area (Å²) in [6, 6.07) is 0. The quantitative estimate of drug-likeness (QED) is 0.653. The van der Waals surface area contributed by atoms with Gasteiger partial charge in [0.2, 0.25) is 0 Å². The van der Waals surface area contributed by atoms with Crippen molar-refractivity contribution in [3.63, 3.8) is 0 Å². The molecule has 0 saturated carbocycles. The highest BCUT2D eigenvalue weighted by Crippen LogP contribution is 2.13. The van der Waals surface area contributed by atoms with Gasteiger partial charge in [-0.25, -0.2) is 9.99 Å². The molecule has 2 rings (SSSR count). The molecule has 1 aliphatic heterocycles. The predicted octanol–water partition coefficient (Wildman–Crippen LogP) is 0.870. The van der Waals surface area contributed by atoms with Crippen LogP contribution in [0.3, 0.4) is 0 Å². The third-order valence-corrected chi connectivity index (χ3v) is 1.67. The lowest BCUT2D eigenvalue weighted by Gasteiger charge is -2.08. The van der Waals surface area contributed by atoms with Gasteiger partial charge in [0.1, 0.15) is 6.26 Å². The van der Waals surface area contributed by atoms with Crippen LogP contribution in [0.2, 0.25) is 0 Å². The third-order valence-electron chi connectivity index (χ3n) is 1.10. The van der Waals surface area contributed by atoms with Crippen molar-refractivity contribution in [2.24, 2.45) is 0 Å². The average molecular weight is 155 g/mol. The van der Waals surface area contributed by atoms with E-state index < -0.39 is 0 Å². The highest BCUT2D eigenvalue weighted by Gasteiger charge is 2.07.